The second-order valence-electron chi connectivity index (χ2n) is 5.69. The Morgan fingerprint density at radius 3 is 2.91 bits per heavy atom. The van der Waals surface area contributed by atoms with Crippen molar-refractivity contribution < 1.29 is 19.2 Å². The van der Waals surface area contributed by atoms with Crippen LogP contribution >= 0.6 is 0 Å². The molecule has 1 heterocycles. The van der Waals surface area contributed by atoms with Crippen LogP contribution in [0.2, 0.25) is 0 Å². The number of non-ortho nitro benzene ring substituents is 1. The molecular formula is C15H18N2O5. The van der Waals surface area contributed by atoms with Crippen LogP contribution in [-0.4, -0.2) is 35.9 Å². The van der Waals surface area contributed by atoms with E-state index in [1.54, 1.807) is 6.07 Å². The summed E-state index contributed by atoms with van der Waals surface area (Å²) in [4.78, 5) is 22.3. The summed E-state index contributed by atoms with van der Waals surface area (Å²) in [6.45, 7) is 0.804. The largest absolute Gasteiger partial charge is 0.349 e. The molecule has 7 nitrogen and oxygen atoms in total. The summed E-state index contributed by atoms with van der Waals surface area (Å²) in [6, 6.07) is 5.66. The molecule has 1 saturated heterocycles. The van der Waals surface area contributed by atoms with Crippen molar-refractivity contribution in [2.45, 2.75) is 37.6 Å². The topological polar surface area (TPSA) is 90.7 Å². The van der Waals surface area contributed by atoms with E-state index in [4.69, 9.17) is 9.47 Å². The van der Waals surface area contributed by atoms with Gasteiger partial charge in [0.1, 0.15) is 6.10 Å². The van der Waals surface area contributed by atoms with E-state index in [0.717, 1.165) is 25.7 Å². The maximum atomic E-state index is 12.1. The molecule has 3 rings (SSSR count). The van der Waals surface area contributed by atoms with Crippen molar-refractivity contribution in [3.05, 3.63) is 39.9 Å². The number of hydrogen-bond donors (Lipinski definition) is 1. The number of nitrogens with one attached hydrogen (secondary N) is 1. The van der Waals surface area contributed by atoms with Gasteiger partial charge in [-0.2, -0.15) is 0 Å². The smallest absolute Gasteiger partial charge is 0.270 e. The standard InChI is InChI=1S/C15H18N2O5/c18-14(11-4-3-5-12(8-11)17(19)20)16-9-13-10-21-15(22-13)6-1-2-7-15/h3-5,8,13H,1-2,6-7,9-10H2,(H,16,18)/t13-/m0/s1. The number of ether oxygens (including phenoxy) is 2. The second-order valence-corrected chi connectivity index (χ2v) is 5.69. The Hall–Kier alpha value is -1.99. The van der Waals surface area contributed by atoms with Crippen molar-refractivity contribution in [3.63, 3.8) is 0 Å². The van der Waals surface area contributed by atoms with Crippen molar-refractivity contribution in [1.29, 1.82) is 0 Å². The van der Waals surface area contributed by atoms with Crippen LogP contribution in [0.1, 0.15) is 36.0 Å². The lowest BCUT2D eigenvalue weighted by atomic mass is 10.2. The molecule has 0 unspecified atom stereocenters. The van der Waals surface area contributed by atoms with Gasteiger partial charge in [0.05, 0.1) is 11.5 Å². The molecule has 1 spiro atoms. The van der Waals surface area contributed by atoms with Gasteiger partial charge in [0, 0.05) is 37.1 Å². The van der Waals surface area contributed by atoms with Crippen LogP contribution in [0.4, 0.5) is 5.69 Å². The molecule has 22 heavy (non-hydrogen) atoms. The SMILES string of the molecule is O=C(NC[C@H]1COC2(CCCC2)O1)c1cccc([N+](=O)[O-])c1. The van der Waals surface area contributed by atoms with E-state index in [-0.39, 0.29) is 23.3 Å². The summed E-state index contributed by atoms with van der Waals surface area (Å²) in [5.74, 6) is -0.791. The van der Waals surface area contributed by atoms with E-state index >= 15 is 0 Å². The summed E-state index contributed by atoms with van der Waals surface area (Å²) in [6.07, 6.45) is 3.85. The van der Waals surface area contributed by atoms with Crippen LogP contribution in [-0.2, 0) is 9.47 Å². The third kappa shape index (κ3) is 3.10. The van der Waals surface area contributed by atoms with Gasteiger partial charge in [-0.05, 0) is 18.9 Å². The molecule has 118 valence electrons. The first-order valence-corrected chi connectivity index (χ1v) is 7.42. The normalized spacial score (nSPS) is 22.8. The third-order valence-corrected chi connectivity index (χ3v) is 4.09. The van der Waals surface area contributed by atoms with E-state index in [0.29, 0.717) is 13.2 Å². The molecule has 0 radical (unpaired) electrons. The highest BCUT2D eigenvalue weighted by Crippen LogP contribution is 2.38. The number of benzene rings is 1. The van der Waals surface area contributed by atoms with Gasteiger partial charge in [0.15, 0.2) is 5.79 Å². The van der Waals surface area contributed by atoms with Crippen LogP contribution in [0.15, 0.2) is 24.3 Å². The average molecular weight is 306 g/mol. The quantitative estimate of drug-likeness (QED) is 0.678. The lowest BCUT2D eigenvalue weighted by molar-refractivity contribution is -0.384. The number of nitro benzene ring substituents is 1. The molecule has 1 aromatic rings. The van der Waals surface area contributed by atoms with Gasteiger partial charge in [-0.1, -0.05) is 6.07 Å². The van der Waals surface area contributed by atoms with Crippen molar-refractivity contribution in [1.82, 2.24) is 5.32 Å². The van der Waals surface area contributed by atoms with E-state index in [1.807, 2.05) is 0 Å². The second kappa shape index (κ2) is 6.02. The molecule has 1 aliphatic heterocycles. The molecule has 1 aliphatic carbocycles. The molecule has 1 aromatic carbocycles. The minimum absolute atomic E-state index is 0.0991. The fourth-order valence-corrected chi connectivity index (χ4v) is 2.96. The summed E-state index contributed by atoms with van der Waals surface area (Å²) in [5.41, 5.74) is 0.168. The van der Waals surface area contributed by atoms with Crippen LogP contribution < -0.4 is 5.32 Å². The minimum atomic E-state index is -0.519. The Kier molecular flexibility index (Phi) is 4.08. The molecule has 0 bridgehead atoms. The van der Waals surface area contributed by atoms with Crippen molar-refractivity contribution in [2.24, 2.45) is 0 Å². The van der Waals surface area contributed by atoms with Crippen LogP contribution in [0.3, 0.4) is 0 Å². The Morgan fingerprint density at radius 1 is 1.41 bits per heavy atom. The molecule has 1 amide bonds. The summed E-state index contributed by atoms with van der Waals surface area (Å²) >= 11 is 0. The van der Waals surface area contributed by atoms with Crippen molar-refractivity contribution in [2.75, 3.05) is 13.2 Å². The number of carbonyl (C=O) groups excluding carboxylic acids is 1. The Morgan fingerprint density at radius 2 is 2.18 bits per heavy atom. The van der Waals surface area contributed by atoms with Gasteiger partial charge in [0.2, 0.25) is 0 Å². The molecule has 1 N–H and O–H groups in total. The summed E-state index contributed by atoms with van der Waals surface area (Å²) in [7, 11) is 0. The maximum Gasteiger partial charge on any atom is 0.270 e. The zero-order valence-electron chi connectivity index (χ0n) is 12.1. The summed E-state index contributed by atoms with van der Waals surface area (Å²) in [5, 5.41) is 13.5. The first-order valence-electron chi connectivity index (χ1n) is 7.42. The predicted octanol–water partition coefficient (Wildman–Crippen LogP) is 2.01. The van der Waals surface area contributed by atoms with Gasteiger partial charge in [-0.3, -0.25) is 14.9 Å². The van der Waals surface area contributed by atoms with Crippen LogP contribution in [0.25, 0.3) is 0 Å². The Balaban J connectivity index is 1.54. The Bertz CT molecular complexity index is 583. The molecule has 7 heteroatoms. The zero-order chi connectivity index (χ0) is 15.6. The van der Waals surface area contributed by atoms with Crippen LogP contribution in [0.5, 0.6) is 0 Å². The van der Waals surface area contributed by atoms with Gasteiger partial charge in [-0.25, -0.2) is 0 Å². The average Bonchev–Trinajstić information content (AvgIpc) is 3.15. The van der Waals surface area contributed by atoms with E-state index < -0.39 is 10.7 Å². The first-order chi connectivity index (χ1) is 10.6. The molecule has 2 fully saturated rings. The van der Waals surface area contributed by atoms with Gasteiger partial charge in [-0.15, -0.1) is 0 Å². The number of nitro groups is 1. The highest BCUT2D eigenvalue weighted by molar-refractivity contribution is 5.94. The molecule has 1 saturated carbocycles. The fourth-order valence-electron chi connectivity index (χ4n) is 2.96. The summed E-state index contributed by atoms with van der Waals surface area (Å²) < 4.78 is 11.7. The minimum Gasteiger partial charge on any atom is -0.349 e. The van der Waals surface area contributed by atoms with Gasteiger partial charge in [0.25, 0.3) is 11.6 Å². The van der Waals surface area contributed by atoms with E-state index in [9.17, 15) is 14.9 Å². The Labute approximate surface area is 127 Å². The van der Waals surface area contributed by atoms with Crippen LogP contribution in [0, 0.1) is 10.1 Å². The maximum absolute atomic E-state index is 12.1. The first kappa shape index (κ1) is 14.9. The highest BCUT2D eigenvalue weighted by Gasteiger charge is 2.43. The molecule has 1 atom stereocenters. The number of hydrogen-bond acceptors (Lipinski definition) is 5. The van der Waals surface area contributed by atoms with E-state index in [1.165, 1.54) is 18.2 Å². The van der Waals surface area contributed by atoms with Crippen molar-refractivity contribution >= 4 is 11.6 Å². The molecular weight excluding hydrogens is 288 g/mol. The fraction of sp³-hybridized carbons (Fsp3) is 0.533. The van der Waals surface area contributed by atoms with Gasteiger partial charge < -0.3 is 14.8 Å². The highest BCUT2D eigenvalue weighted by atomic mass is 16.7. The number of nitrogens with zero attached hydrogens (tertiary/aromatic N) is 1. The zero-order valence-corrected chi connectivity index (χ0v) is 12.1. The van der Waals surface area contributed by atoms with Crippen molar-refractivity contribution in [3.8, 4) is 0 Å². The monoisotopic (exact) mass is 306 g/mol. The lowest BCUT2D eigenvalue weighted by Crippen LogP contribution is -2.35. The number of amides is 1. The number of rotatable bonds is 4. The lowest BCUT2D eigenvalue weighted by Gasteiger charge is -2.21. The predicted molar refractivity (Wildman–Crippen MR) is 77.5 cm³/mol. The van der Waals surface area contributed by atoms with Gasteiger partial charge >= 0.3 is 0 Å². The third-order valence-electron chi connectivity index (χ3n) is 4.09. The molecule has 0 aromatic heterocycles. The van der Waals surface area contributed by atoms with E-state index in [2.05, 4.69) is 5.32 Å². The molecule has 2 aliphatic rings. The number of carbonyl (C=O) groups is 1.